The molecule has 2 aromatic rings. The molecular formula is C16H15ClO2. The van der Waals surface area contributed by atoms with Crippen LogP contribution in [0.15, 0.2) is 48.5 Å². The Bertz CT molecular complexity index is 576. The second-order valence-electron chi connectivity index (χ2n) is 4.33. The fraction of sp³-hybridized carbons (Fsp3) is 0.188. The third-order valence-electron chi connectivity index (χ3n) is 3.00. The van der Waals surface area contributed by atoms with Crippen LogP contribution in [-0.2, 0) is 9.53 Å². The Labute approximate surface area is 118 Å². The molecule has 19 heavy (non-hydrogen) atoms. The van der Waals surface area contributed by atoms with Crippen LogP contribution in [0.3, 0.4) is 0 Å². The molecule has 0 N–H and O–H groups in total. The number of carbonyl (C=O) groups excluding carboxylic acids is 1. The molecule has 0 saturated carbocycles. The molecule has 2 nitrogen and oxygen atoms in total. The Morgan fingerprint density at radius 3 is 2.26 bits per heavy atom. The lowest BCUT2D eigenvalue weighted by atomic mass is 10.0. The number of methoxy groups -OCH3 is 1. The lowest BCUT2D eigenvalue weighted by molar-refractivity contribution is -0.126. The number of hydrogen-bond acceptors (Lipinski definition) is 2. The molecule has 0 fully saturated rings. The van der Waals surface area contributed by atoms with Gasteiger partial charge in [-0.15, -0.1) is 0 Å². The molecule has 3 heteroatoms. The van der Waals surface area contributed by atoms with Crippen LogP contribution in [0.2, 0.25) is 5.02 Å². The van der Waals surface area contributed by atoms with Crippen LogP contribution in [0.1, 0.15) is 18.6 Å². The van der Waals surface area contributed by atoms with Crippen molar-refractivity contribution in [2.45, 2.75) is 13.0 Å². The lowest BCUT2D eigenvalue weighted by Gasteiger charge is -2.13. The van der Waals surface area contributed by atoms with Crippen molar-refractivity contribution in [1.29, 1.82) is 0 Å². The van der Waals surface area contributed by atoms with Crippen LogP contribution in [0, 0.1) is 0 Å². The highest BCUT2D eigenvalue weighted by Crippen LogP contribution is 2.29. The predicted octanol–water partition coefficient (Wildman–Crippen LogP) is 4.28. The van der Waals surface area contributed by atoms with E-state index in [1.54, 1.807) is 0 Å². The summed E-state index contributed by atoms with van der Waals surface area (Å²) in [5.41, 5.74) is 2.85. The van der Waals surface area contributed by atoms with Gasteiger partial charge in [-0.25, -0.2) is 0 Å². The summed E-state index contributed by atoms with van der Waals surface area (Å²) in [5.74, 6) is -0.00649. The van der Waals surface area contributed by atoms with Crippen molar-refractivity contribution >= 4 is 17.4 Å². The SMILES string of the molecule is COC(C(C)=O)c1ccc(-c2ccccc2Cl)cc1. The van der Waals surface area contributed by atoms with E-state index in [9.17, 15) is 4.79 Å². The summed E-state index contributed by atoms with van der Waals surface area (Å²) in [4.78, 5) is 11.4. The Balaban J connectivity index is 2.33. The number of hydrogen-bond donors (Lipinski definition) is 0. The standard InChI is InChI=1S/C16H15ClO2/c1-11(18)16(19-2)13-9-7-12(8-10-13)14-5-3-4-6-15(14)17/h3-10,16H,1-2H3. The van der Waals surface area contributed by atoms with Crippen LogP contribution in [0.25, 0.3) is 11.1 Å². The highest BCUT2D eigenvalue weighted by atomic mass is 35.5. The molecule has 0 saturated heterocycles. The molecule has 1 unspecified atom stereocenters. The monoisotopic (exact) mass is 274 g/mol. The maximum absolute atomic E-state index is 11.4. The predicted molar refractivity (Wildman–Crippen MR) is 77.3 cm³/mol. The van der Waals surface area contributed by atoms with Gasteiger partial charge in [0.1, 0.15) is 6.10 Å². The average molecular weight is 275 g/mol. The molecule has 0 amide bonds. The van der Waals surface area contributed by atoms with E-state index < -0.39 is 6.10 Å². The number of carbonyl (C=O) groups is 1. The zero-order valence-corrected chi connectivity index (χ0v) is 11.6. The smallest absolute Gasteiger partial charge is 0.163 e. The first-order valence-corrected chi connectivity index (χ1v) is 6.39. The maximum Gasteiger partial charge on any atom is 0.163 e. The van der Waals surface area contributed by atoms with E-state index in [2.05, 4.69) is 0 Å². The third-order valence-corrected chi connectivity index (χ3v) is 3.33. The summed E-state index contributed by atoms with van der Waals surface area (Å²) in [7, 11) is 1.54. The first-order valence-electron chi connectivity index (χ1n) is 6.01. The van der Waals surface area contributed by atoms with E-state index >= 15 is 0 Å². The Morgan fingerprint density at radius 2 is 1.74 bits per heavy atom. The number of benzene rings is 2. The minimum Gasteiger partial charge on any atom is -0.369 e. The van der Waals surface area contributed by atoms with Crippen LogP contribution >= 0.6 is 11.6 Å². The summed E-state index contributed by atoms with van der Waals surface area (Å²) in [6.07, 6.45) is -0.500. The molecule has 98 valence electrons. The summed E-state index contributed by atoms with van der Waals surface area (Å²) in [6.45, 7) is 1.52. The van der Waals surface area contributed by atoms with E-state index in [1.165, 1.54) is 14.0 Å². The number of rotatable bonds is 4. The summed E-state index contributed by atoms with van der Waals surface area (Å²) < 4.78 is 5.19. The van der Waals surface area contributed by atoms with E-state index in [4.69, 9.17) is 16.3 Å². The molecule has 0 aliphatic rings. The fourth-order valence-electron chi connectivity index (χ4n) is 2.07. The second kappa shape index (κ2) is 6.00. The quantitative estimate of drug-likeness (QED) is 0.832. The molecule has 0 aliphatic heterocycles. The van der Waals surface area contributed by atoms with E-state index in [0.717, 1.165) is 16.7 Å². The van der Waals surface area contributed by atoms with Crippen molar-refractivity contribution < 1.29 is 9.53 Å². The molecule has 0 radical (unpaired) electrons. The second-order valence-corrected chi connectivity index (χ2v) is 4.74. The van der Waals surface area contributed by atoms with Crippen molar-refractivity contribution in [3.05, 3.63) is 59.1 Å². The van der Waals surface area contributed by atoms with Gasteiger partial charge < -0.3 is 4.74 Å². The van der Waals surface area contributed by atoms with Gasteiger partial charge in [-0.3, -0.25) is 4.79 Å². The zero-order valence-electron chi connectivity index (χ0n) is 10.9. The molecular weight excluding hydrogens is 260 g/mol. The Morgan fingerprint density at radius 1 is 1.11 bits per heavy atom. The number of ether oxygens (including phenoxy) is 1. The van der Waals surface area contributed by atoms with Gasteiger partial charge in [-0.05, 0) is 24.1 Å². The van der Waals surface area contributed by atoms with Crippen molar-refractivity contribution in [3.8, 4) is 11.1 Å². The minimum absolute atomic E-state index is 0.00649. The number of Topliss-reactive ketones (excluding diaryl/α,β-unsaturated/α-hetero) is 1. The van der Waals surface area contributed by atoms with Gasteiger partial charge >= 0.3 is 0 Å². The summed E-state index contributed by atoms with van der Waals surface area (Å²) in [6, 6.07) is 15.4. The van der Waals surface area contributed by atoms with Crippen molar-refractivity contribution in [3.63, 3.8) is 0 Å². The van der Waals surface area contributed by atoms with Gasteiger partial charge in [-0.1, -0.05) is 54.1 Å². The normalized spacial score (nSPS) is 12.2. The Hall–Kier alpha value is -1.64. The van der Waals surface area contributed by atoms with Crippen molar-refractivity contribution in [1.82, 2.24) is 0 Å². The largest absolute Gasteiger partial charge is 0.369 e. The minimum atomic E-state index is -0.500. The molecule has 2 rings (SSSR count). The molecule has 2 aromatic carbocycles. The van der Waals surface area contributed by atoms with Gasteiger partial charge in [0.15, 0.2) is 5.78 Å². The van der Waals surface area contributed by atoms with E-state index in [0.29, 0.717) is 5.02 Å². The van der Waals surface area contributed by atoms with Crippen LogP contribution < -0.4 is 0 Å². The van der Waals surface area contributed by atoms with Gasteiger partial charge in [0.05, 0.1) is 0 Å². The van der Waals surface area contributed by atoms with Gasteiger partial charge in [0.2, 0.25) is 0 Å². The molecule has 0 aromatic heterocycles. The first-order chi connectivity index (χ1) is 9.13. The van der Waals surface area contributed by atoms with Crippen LogP contribution in [-0.4, -0.2) is 12.9 Å². The van der Waals surface area contributed by atoms with Crippen LogP contribution in [0.5, 0.6) is 0 Å². The number of ketones is 1. The molecule has 0 heterocycles. The Kier molecular flexibility index (Phi) is 4.35. The topological polar surface area (TPSA) is 26.3 Å². The third kappa shape index (κ3) is 3.03. The van der Waals surface area contributed by atoms with Gasteiger partial charge in [-0.2, -0.15) is 0 Å². The molecule has 0 aliphatic carbocycles. The highest BCUT2D eigenvalue weighted by molar-refractivity contribution is 6.33. The van der Waals surface area contributed by atoms with Crippen molar-refractivity contribution in [2.75, 3.05) is 7.11 Å². The summed E-state index contributed by atoms with van der Waals surface area (Å²) in [5, 5.41) is 0.713. The van der Waals surface area contributed by atoms with Crippen molar-refractivity contribution in [2.24, 2.45) is 0 Å². The molecule has 0 spiro atoms. The van der Waals surface area contributed by atoms with Gasteiger partial charge in [0.25, 0.3) is 0 Å². The van der Waals surface area contributed by atoms with Crippen LogP contribution in [0.4, 0.5) is 0 Å². The number of halogens is 1. The van der Waals surface area contributed by atoms with Gasteiger partial charge in [0, 0.05) is 17.7 Å². The first kappa shape index (κ1) is 13.8. The molecule has 0 bridgehead atoms. The lowest BCUT2D eigenvalue weighted by Crippen LogP contribution is -2.10. The van der Waals surface area contributed by atoms with E-state index in [-0.39, 0.29) is 5.78 Å². The maximum atomic E-state index is 11.4. The van der Waals surface area contributed by atoms with E-state index in [1.807, 2.05) is 48.5 Å². The zero-order chi connectivity index (χ0) is 13.8. The highest BCUT2D eigenvalue weighted by Gasteiger charge is 2.15. The average Bonchev–Trinajstić information content (AvgIpc) is 2.41. The summed E-state index contributed by atoms with van der Waals surface area (Å²) >= 11 is 6.16. The molecule has 1 atom stereocenters. The fourth-order valence-corrected chi connectivity index (χ4v) is 2.31.